The molecule has 0 saturated heterocycles. The zero-order chi connectivity index (χ0) is 10.1. The van der Waals surface area contributed by atoms with E-state index in [-0.39, 0.29) is 6.04 Å². The van der Waals surface area contributed by atoms with Crippen molar-refractivity contribution >= 4 is 0 Å². The number of nitrogens with zero attached hydrogens (tertiary/aromatic N) is 4. The van der Waals surface area contributed by atoms with Crippen LogP contribution in [0.5, 0.6) is 0 Å². The third kappa shape index (κ3) is 6.40. The van der Waals surface area contributed by atoms with Crippen molar-refractivity contribution in [3.63, 3.8) is 0 Å². The van der Waals surface area contributed by atoms with Gasteiger partial charge in [0.2, 0.25) is 0 Å². The maximum atomic E-state index is 8.14. The van der Waals surface area contributed by atoms with Gasteiger partial charge in [-0.3, -0.25) is 4.84 Å². The summed E-state index contributed by atoms with van der Waals surface area (Å²) in [6.45, 7) is 8.34. The topological polar surface area (TPSA) is 61.2 Å². The van der Waals surface area contributed by atoms with E-state index in [1.807, 2.05) is 25.8 Å². The van der Waals surface area contributed by atoms with Crippen molar-refractivity contribution in [3.8, 4) is 0 Å². The maximum Gasteiger partial charge on any atom is 0.0688 e. The average molecular weight is 186 g/mol. The van der Waals surface area contributed by atoms with Gasteiger partial charge in [0.25, 0.3) is 0 Å². The summed E-state index contributed by atoms with van der Waals surface area (Å²) in [6.07, 6.45) is 0.764. The smallest absolute Gasteiger partial charge is 0.0688 e. The average Bonchev–Trinajstić information content (AvgIpc) is 2.13. The molecular weight excluding hydrogens is 168 g/mol. The van der Waals surface area contributed by atoms with Gasteiger partial charge in [-0.05, 0) is 12.0 Å². The van der Waals surface area contributed by atoms with Crippen LogP contribution in [0.25, 0.3) is 10.4 Å². The fourth-order valence-electron chi connectivity index (χ4n) is 0.904. The summed E-state index contributed by atoms with van der Waals surface area (Å²) in [7, 11) is 0. The molecule has 0 aliphatic carbocycles. The van der Waals surface area contributed by atoms with Crippen LogP contribution >= 0.6 is 0 Å². The fraction of sp³-hybridized carbons (Fsp3) is 1.00. The minimum Gasteiger partial charge on any atom is -0.299 e. The second-order valence-electron chi connectivity index (χ2n) is 2.79. The fourth-order valence-corrected chi connectivity index (χ4v) is 0.904. The lowest BCUT2D eigenvalue weighted by molar-refractivity contribution is -0.154. The van der Waals surface area contributed by atoms with E-state index in [0.717, 1.165) is 19.5 Å². The zero-order valence-corrected chi connectivity index (χ0v) is 8.60. The predicted octanol–water partition coefficient (Wildman–Crippen LogP) is 2.35. The van der Waals surface area contributed by atoms with Crippen molar-refractivity contribution in [3.05, 3.63) is 10.4 Å². The Morgan fingerprint density at radius 3 is 2.54 bits per heavy atom. The highest BCUT2D eigenvalue weighted by Gasteiger charge is 2.01. The van der Waals surface area contributed by atoms with Gasteiger partial charge in [-0.1, -0.05) is 25.9 Å². The molecule has 0 aromatic heterocycles. The lowest BCUT2D eigenvalue weighted by atomic mass is 10.3. The van der Waals surface area contributed by atoms with Gasteiger partial charge < -0.3 is 0 Å². The highest BCUT2D eigenvalue weighted by atomic mass is 16.7. The van der Waals surface area contributed by atoms with Gasteiger partial charge in [0.05, 0.1) is 6.61 Å². The Kier molecular flexibility index (Phi) is 7.39. The van der Waals surface area contributed by atoms with E-state index in [9.17, 15) is 0 Å². The standard InChI is InChI=1S/C8H18N4O/c1-4-12(5-2)13-7-6-8(3)10-11-9/h8H,4-7H2,1-3H3. The van der Waals surface area contributed by atoms with E-state index in [0.29, 0.717) is 6.61 Å². The first kappa shape index (κ1) is 12.2. The summed E-state index contributed by atoms with van der Waals surface area (Å²) < 4.78 is 0. The van der Waals surface area contributed by atoms with E-state index >= 15 is 0 Å². The molecule has 13 heavy (non-hydrogen) atoms. The summed E-state index contributed by atoms with van der Waals surface area (Å²) in [5.41, 5.74) is 8.14. The van der Waals surface area contributed by atoms with Gasteiger partial charge >= 0.3 is 0 Å². The number of hydrogen-bond acceptors (Lipinski definition) is 3. The molecule has 0 rings (SSSR count). The first-order valence-electron chi connectivity index (χ1n) is 4.66. The Labute approximate surface area is 79.3 Å². The Bertz CT molecular complexity index is 164. The van der Waals surface area contributed by atoms with Crippen molar-refractivity contribution in [2.24, 2.45) is 5.11 Å². The van der Waals surface area contributed by atoms with E-state index in [1.54, 1.807) is 0 Å². The lowest BCUT2D eigenvalue weighted by Gasteiger charge is -2.18. The molecule has 0 fully saturated rings. The van der Waals surface area contributed by atoms with Crippen LogP contribution in [0.1, 0.15) is 27.2 Å². The van der Waals surface area contributed by atoms with Crippen LogP contribution in [-0.2, 0) is 4.84 Å². The Morgan fingerprint density at radius 1 is 1.46 bits per heavy atom. The minimum absolute atomic E-state index is 0.0144. The van der Waals surface area contributed by atoms with Crippen LogP contribution in [0.15, 0.2) is 5.11 Å². The van der Waals surface area contributed by atoms with Crippen LogP contribution in [-0.4, -0.2) is 30.8 Å². The molecule has 0 aromatic rings. The van der Waals surface area contributed by atoms with Crippen LogP contribution in [0.3, 0.4) is 0 Å². The first-order valence-corrected chi connectivity index (χ1v) is 4.66. The number of azide groups is 1. The monoisotopic (exact) mass is 186 g/mol. The quantitative estimate of drug-likeness (QED) is 0.265. The van der Waals surface area contributed by atoms with Crippen molar-refractivity contribution in [2.75, 3.05) is 19.7 Å². The van der Waals surface area contributed by atoms with Gasteiger partial charge in [0, 0.05) is 24.0 Å². The summed E-state index contributed by atoms with van der Waals surface area (Å²) in [6, 6.07) is 0.0144. The van der Waals surface area contributed by atoms with Gasteiger partial charge in [-0.25, -0.2) is 0 Å². The van der Waals surface area contributed by atoms with Crippen molar-refractivity contribution in [1.29, 1.82) is 0 Å². The molecule has 5 nitrogen and oxygen atoms in total. The summed E-state index contributed by atoms with van der Waals surface area (Å²) in [4.78, 5) is 8.14. The van der Waals surface area contributed by atoms with Crippen molar-refractivity contribution in [1.82, 2.24) is 5.06 Å². The van der Waals surface area contributed by atoms with Crippen LogP contribution in [0.2, 0.25) is 0 Å². The second kappa shape index (κ2) is 7.86. The van der Waals surface area contributed by atoms with Crippen LogP contribution < -0.4 is 0 Å². The molecule has 0 bridgehead atoms. The van der Waals surface area contributed by atoms with E-state index in [2.05, 4.69) is 10.0 Å². The molecule has 0 saturated carbocycles. The third-order valence-electron chi connectivity index (χ3n) is 1.76. The minimum atomic E-state index is 0.0144. The molecule has 0 radical (unpaired) electrons. The van der Waals surface area contributed by atoms with Crippen LogP contribution in [0.4, 0.5) is 0 Å². The third-order valence-corrected chi connectivity index (χ3v) is 1.76. The summed E-state index contributed by atoms with van der Waals surface area (Å²) in [5, 5.41) is 5.43. The van der Waals surface area contributed by atoms with Crippen LogP contribution in [0, 0.1) is 0 Å². The number of hydroxylamine groups is 2. The van der Waals surface area contributed by atoms with E-state index in [4.69, 9.17) is 10.4 Å². The van der Waals surface area contributed by atoms with Crippen molar-refractivity contribution in [2.45, 2.75) is 33.2 Å². The summed E-state index contributed by atoms with van der Waals surface area (Å²) >= 11 is 0. The Balaban J connectivity index is 3.48. The molecule has 0 N–H and O–H groups in total. The Morgan fingerprint density at radius 2 is 2.08 bits per heavy atom. The highest BCUT2D eigenvalue weighted by Crippen LogP contribution is 1.99. The molecule has 5 heteroatoms. The van der Waals surface area contributed by atoms with E-state index in [1.165, 1.54) is 0 Å². The van der Waals surface area contributed by atoms with Gasteiger partial charge in [0.15, 0.2) is 0 Å². The zero-order valence-electron chi connectivity index (χ0n) is 8.60. The molecule has 0 spiro atoms. The number of rotatable bonds is 7. The van der Waals surface area contributed by atoms with Crippen molar-refractivity contribution < 1.29 is 4.84 Å². The molecule has 76 valence electrons. The van der Waals surface area contributed by atoms with Gasteiger partial charge in [-0.2, -0.15) is 5.06 Å². The molecular formula is C8H18N4O. The first-order chi connectivity index (χ1) is 6.24. The number of hydrogen-bond donors (Lipinski definition) is 0. The molecule has 0 amide bonds. The van der Waals surface area contributed by atoms with Gasteiger partial charge in [-0.15, -0.1) is 0 Å². The lowest BCUT2D eigenvalue weighted by Crippen LogP contribution is -2.24. The normalized spacial score (nSPS) is 12.6. The SMILES string of the molecule is CCN(CC)OCCC(C)N=[N+]=[N-]. The molecule has 0 aliphatic heterocycles. The molecule has 0 aliphatic rings. The molecule has 0 aromatic carbocycles. The predicted molar refractivity (Wildman–Crippen MR) is 52.1 cm³/mol. The highest BCUT2D eigenvalue weighted by molar-refractivity contribution is 4.59. The largest absolute Gasteiger partial charge is 0.299 e. The molecule has 0 heterocycles. The second-order valence-corrected chi connectivity index (χ2v) is 2.79. The molecule has 1 unspecified atom stereocenters. The molecule has 1 atom stereocenters. The van der Waals surface area contributed by atoms with E-state index < -0.39 is 0 Å². The van der Waals surface area contributed by atoms with Gasteiger partial charge in [0.1, 0.15) is 0 Å². The Hall–Kier alpha value is -0.770. The summed E-state index contributed by atoms with van der Waals surface area (Å²) in [5.74, 6) is 0. The maximum absolute atomic E-state index is 8.14.